The van der Waals surface area contributed by atoms with E-state index < -0.39 is 0 Å². The average Bonchev–Trinajstić information content (AvgIpc) is 2.66. The molecule has 6 nitrogen and oxygen atoms in total. The van der Waals surface area contributed by atoms with E-state index in [1.54, 1.807) is 12.1 Å². The van der Waals surface area contributed by atoms with E-state index in [1.165, 1.54) is 5.56 Å². The zero-order valence-corrected chi connectivity index (χ0v) is 15.6. The second-order valence-electron chi connectivity index (χ2n) is 6.33. The Labute approximate surface area is 158 Å². The molecule has 0 aliphatic heterocycles. The van der Waals surface area contributed by atoms with Gasteiger partial charge in [-0.1, -0.05) is 29.8 Å². The van der Waals surface area contributed by atoms with Crippen molar-refractivity contribution < 1.29 is 9.53 Å². The van der Waals surface area contributed by atoms with Gasteiger partial charge in [0.15, 0.2) is 18.2 Å². The molecule has 2 aromatic carbocycles. The van der Waals surface area contributed by atoms with Crippen LogP contribution in [0.25, 0.3) is 0 Å². The van der Waals surface area contributed by atoms with Gasteiger partial charge in [0, 0.05) is 5.69 Å². The van der Waals surface area contributed by atoms with Gasteiger partial charge in [-0.3, -0.25) is 4.79 Å². The topological polar surface area (TPSA) is 76.1 Å². The van der Waals surface area contributed by atoms with E-state index in [1.807, 2.05) is 50.2 Å². The first-order chi connectivity index (χ1) is 13.0. The molecule has 0 unspecified atom stereocenters. The number of aryl methyl sites for hydroxylation is 2. The van der Waals surface area contributed by atoms with Gasteiger partial charge in [-0.05, 0) is 62.2 Å². The maximum absolute atomic E-state index is 12.0. The molecule has 1 heterocycles. The van der Waals surface area contributed by atoms with Crippen LogP contribution >= 0.6 is 0 Å². The molecule has 0 fully saturated rings. The largest absolute Gasteiger partial charge is 0.484 e. The number of nitrogens with zero attached hydrogens (tertiary/aromatic N) is 2. The Kier molecular flexibility index (Phi) is 5.66. The first kappa shape index (κ1) is 18.4. The van der Waals surface area contributed by atoms with Crippen LogP contribution in [0.5, 0.6) is 5.75 Å². The fourth-order valence-electron chi connectivity index (χ4n) is 2.45. The highest BCUT2D eigenvalue weighted by Gasteiger charge is 2.07. The highest BCUT2D eigenvalue weighted by Crippen LogP contribution is 2.21. The highest BCUT2D eigenvalue weighted by atomic mass is 16.5. The number of ether oxygens (including phenoxy) is 1. The summed E-state index contributed by atoms with van der Waals surface area (Å²) < 4.78 is 5.45. The molecule has 3 rings (SSSR count). The van der Waals surface area contributed by atoms with E-state index >= 15 is 0 Å². The minimum Gasteiger partial charge on any atom is -0.484 e. The summed E-state index contributed by atoms with van der Waals surface area (Å²) in [6, 6.07) is 17.0. The maximum atomic E-state index is 12.0. The zero-order chi connectivity index (χ0) is 19.2. The fourth-order valence-corrected chi connectivity index (χ4v) is 2.45. The Morgan fingerprint density at radius 2 is 1.63 bits per heavy atom. The van der Waals surface area contributed by atoms with Gasteiger partial charge in [-0.2, -0.15) is 0 Å². The molecule has 1 amide bonds. The highest BCUT2D eigenvalue weighted by molar-refractivity contribution is 5.90. The molecule has 0 bridgehead atoms. The Hall–Kier alpha value is -3.41. The zero-order valence-electron chi connectivity index (χ0n) is 15.6. The van der Waals surface area contributed by atoms with Crippen LogP contribution in [0.3, 0.4) is 0 Å². The summed E-state index contributed by atoms with van der Waals surface area (Å²) in [6.45, 7) is 6.01. The molecule has 0 atom stereocenters. The summed E-state index contributed by atoms with van der Waals surface area (Å²) in [5, 5.41) is 14.0. The van der Waals surface area contributed by atoms with Crippen LogP contribution in [0.4, 0.5) is 17.3 Å². The van der Waals surface area contributed by atoms with E-state index in [0.29, 0.717) is 17.4 Å². The molecule has 138 valence electrons. The Morgan fingerprint density at radius 3 is 2.33 bits per heavy atom. The number of carbonyl (C=O) groups is 1. The van der Waals surface area contributed by atoms with Crippen molar-refractivity contribution in [2.45, 2.75) is 20.8 Å². The van der Waals surface area contributed by atoms with Crippen molar-refractivity contribution in [3.63, 3.8) is 0 Å². The van der Waals surface area contributed by atoms with Crippen LogP contribution in [0.15, 0.2) is 54.6 Å². The number of hydrogen-bond donors (Lipinski definition) is 2. The van der Waals surface area contributed by atoms with Gasteiger partial charge in [0.25, 0.3) is 5.91 Å². The number of aromatic nitrogens is 2. The number of amides is 1. The summed E-state index contributed by atoms with van der Waals surface area (Å²) in [7, 11) is 0. The third kappa shape index (κ3) is 5.04. The van der Waals surface area contributed by atoms with Crippen LogP contribution in [0.1, 0.15) is 16.7 Å². The lowest BCUT2D eigenvalue weighted by Gasteiger charge is -2.11. The lowest BCUT2D eigenvalue weighted by molar-refractivity contribution is -0.118. The predicted molar refractivity (Wildman–Crippen MR) is 107 cm³/mol. The molecule has 0 saturated carbocycles. The number of benzene rings is 2. The standard InChI is InChI=1S/C21H22N4O2/c1-14-7-9-17(10-8-14)27-13-21(26)23-20-12-11-19(24-25-20)22-18-6-4-5-15(2)16(18)3/h4-12H,13H2,1-3H3,(H,22,24)(H,23,25,26). The van der Waals surface area contributed by atoms with Crippen molar-refractivity contribution in [2.24, 2.45) is 0 Å². The molecule has 27 heavy (non-hydrogen) atoms. The SMILES string of the molecule is Cc1ccc(OCC(=O)Nc2ccc(Nc3cccc(C)c3C)nn2)cc1. The van der Waals surface area contributed by atoms with Gasteiger partial charge in [0.05, 0.1) is 0 Å². The molecular formula is C21H22N4O2. The van der Waals surface area contributed by atoms with E-state index in [0.717, 1.165) is 16.8 Å². The third-order valence-electron chi connectivity index (χ3n) is 4.19. The number of anilines is 3. The predicted octanol–water partition coefficient (Wildman–Crippen LogP) is 4.16. The average molecular weight is 362 g/mol. The van der Waals surface area contributed by atoms with Crippen molar-refractivity contribution in [3.8, 4) is 5.75 Å². The molecule has 0 spiro atoms. The number of rotatable bonds is 6. The second-order valence-corrected chi connectivity index (χ2v) is 6.33. The third-order valence-corrected chi connectivity index (χ3v) is 4.19. The number of nitrogens with one attached hydrogen (secondary N) is 2. The van der Waals surface area contributed by atoms with Crippen molar-refractivity contribution in [3.05, 3.63) is 71.3 Å². The lowest BCUT2D eigenvalue weighted by Crippen LogP contribution is -2.21. The summed E-state index contributed by atoms with van der Waals surface area (Å²) in [5.74, 6) is 1.34. The van der Waals surface area contributed by atoms with Crippen molar-refractivity contribution in [1.82, 2.24) is 10.2 Å². The quantitative estimate of drug-likeness (QED) is 0.688. The molecule has 0 saturated heterocycles. The van der Waals surface area contributed by atoms with Crippen LogP contribution in [-0.2, 0) is 4.79 Å². The molecule has 2 N–H and O–H groups in total. The lowest BCUT2D eigenvalue weighted by atomic mass is 10.1. The van der Waals surface area contributed by atoms with Gasteiger partial charge in [0.2, 0.25) is 0 Å². The normalized spacial score (nSPS) is 10.3. The first-order valence-corrected chi connectivity index (χ1v) is 8.67. The summed E-state index contributed by atoms with van der Waals surface area (Å²) in [4.78, 5) is 12.0. The van der Waals surface area contributed by atoms with E-state index in [-0.39, 0.29) is 12.5 Å². The van der Waals surface area contributed by atoms with Gasteiger partial charge in [-0.15, -0.1) is 10.2 Å². The first-order valence-electron chi connectivity index (χ1n) is 8.67. The van der Waals surface area contributed by atoms with Gasteiger partial charge in [-0.25, -0.2) is 0 Å². The number of carbonyl (C=O) groups excluding carboxylic acids is 1. The van der Waals surface area contributed by atoms with E-state index in [2.05, 4.69) is 33.8 Å². The monoisotopic (exact) mass is 362 g/mol. The van der Waals surface area contributed by atoms with Crippen LogP contribution in [0.2, 0.25) is 0 Å². The molecule has 0 aliphatic rings. The molecule has 6 heteroatoms. The molecule has 0 radical (unpaired) electrons. The van der Waals surface area contributed by atoms with Crippen molar-refractivity contribution in [1.29, 1.82) is 0 Å². The second kappa shape index (κ2) is 8.31. The minimum absolute atomic E-state index is 0.0901. The van der Waals surface area contributed by atoms with E-state index in [4.69, 9.17) is 4.74 Å². The van der Waals surface area contributed by atoms with Crippen LogP contribution in [-0.4, -0.2) is 22.7 Å². The van der Waals surface area contributed by atoms with Crippen molar-refractivity contribution >= 4 is 23.2 Å². The molecule has 1 aromatic heterocycles. The van der Waals surface area contributed by atoms with Crippen LogP contribution < -0.4 is 15.4 Å². The summed E-state index contributed by atoms with van der Waals surface area (Å²) >= 11 is 0. The Balaban J connectivity index is 1.54. The van der Waals surface area contributed by atoms with Gasteiger partial charge in [0.1, 0.15) is 5.75 Å². The van der Waals surface area contributed by atoms with Crippen molar-refractivity contribution in [2.75, 3.05) is 17.2 Å². The Bertz CT molecular complexity index is 922. The maximum Gasteiger partial charge on any atom is 0.263 e. The fraction of sp³-hybridized carbons (Fsp3) is 0.190. The summed E-state index contributed by atoms with van der Waals surface area (Å²) in [6.07, 6.45) is 0. The molecular weight excluding hydrogens is 340 g/mol. The van der Waals surface area contributed by atoms with Gasteiger partial charge < -0.3 is 15.4 Å². The van der Waals surface area contributed by atoms with Gasteiger partial charge >= 0.3 is 0 Å². The van der Waals surface area contributed by atoms with Crippen LogP contribution in [0, 0.1) is 20.8 Å². The Morgan fingerprint density at radius 1 is 0.926 bits per heavy atom. The number of hydrogen-bond acceptors (Lipinski definition) is 5. The minimum atomic E-state index is -0.292. The molecule has 3 aromatic rings. The van der Waals surface area contributed by atoms with E-state index in [9.17, 15) is 4.79 Å². The summed E-state index contributed by atoms with van der Waals surface area (Å²) in [5.41, 5.74) is 4.47. The smallest absolute Gasteiger partial charge is 0.263 e. The molecule has 0 aliphatic carbocycles.